The summed E-state index contributed by atoms with van der Waals surface area (Å²) in [5.41, 5.74) is 7.46. The highest BCUT2D eigenvalue weighted by Gasteiger charge is 2.44. The van der Waals surface area contributed by atoms with Crippen LogP contribution in [0.2, 0.25) is 0 Å². The number of carbonyl (C=O) groups is 1. The number of aromatic nitrogens is 2. The molecule has 0 bridgehead atoms. The van der Waals surface area contributed by atoms with Gasteiger partial charge >= 0.3 is 0 Å². The predicted octanol–water partition coefficient (Wildman–Crippen LogP) is -3.32. The molecule has 0 aromatic carbocycles. The first-order chi connectivity index (χ1) is 9.01. The lowest BCUT2D eigenvalue weighted by Crippen LogP contribution is -2.33. The highest BCUT2D eigenvalue weighted by molar-refractivity contribution is 5.96. The average molecular weight is 273 g/mol. The van der Waals surface area contributed by atoms with Gasteiger partial charge < -0.3 is 25.8 Å². The van der Waals surface area contributed by atoms with E-state index in [9.17, 15) is 15.0 Å². The van der Waals surface area contributed by atoms with Gasteiger partial charge in [0.05, 0.1) is 12.9 Å². The lowest BCUT2D eigenvalue weighted by atomic mass is 10.1. The lowest BCUT2D eigenvalue weighted by molar-refractivity contribution is -0.0518. The van der Waals surface area contributed by atoms with Gasteiger partial charge in [-0.3, -0.25) is 14.8 Å². The van der Waals surface area contributed by atoms with Gasteiger partial charge in [-0.25, -0.2) is 10.8 Å². The highest BCUT2D eigenvalue weighted by atomic mass is 16.6. The number of hydrogen-bond acceptors (Lipinski definition) is 8. The SMILES string of the molecule is NNC(=O)c1ncn(C2OC(CO)C(O)C2O)c1N. The van der Waals surface area contributed by atoms with Crippen LogP contribution in [0.25, 0.3) is 0 Å². The zero-order valence-electron chi connectivity index (χ0n) is 9.80. The second-order valence-electron chi connectivity index (χ2n) is 4.09. The lowest BCUT2D eigenvalue weighted by Gasteiger charge is -2.17. The number of rotatable bonds is 3. The van der Waals surface area contributed by atoms with Crippen LogP contribution in [0.1, 0.15) is 16.7 Å². The molecular weight excluding hydrogens is 258 g/mol. The van der Waals surface area contributed by atoms with E-state index in [0.717, 1.165) is 0 Å². The Morgan fingerprint density at radius 2 is 2.21 bits per heavy atom. The normalized spacial score (nSPS) is 30.5. The van der Waals surface area contributed by atoms with Gasteiger partial charge in [-0.2, -0.15) is 0 Å². The third-order valence-electron chi connectivity index (χ3n) is 2.97. The molecule has 1 aliphatic rings. The van der Waals surface area contributed by atoms with Gasteiger partial charge in [0.2, 0.25) is 0 Å². The van der Waals surface area contributed by atoms with Crippen LogP contribution in [0.5, 0.6) is 0 Å². The molecular formula is C9H15N5O5. The van der Waals surface area contributed by atoms with Crippen LogP contribution >= 0.6 is 0 Å². The fourth-order valence-corrected chi connectivity index (χ4v) is 1.93. The first-order valence-electron chi connectivity index (χ1n) is 5.47. The Labute approximate surface area is 107 Å². The minimum Gasteiger partial charge on any atom is -0.394 e. The number of amides is 1. The van der Waals surface area contributed by atoms with Gasteiger partial charge in [-0.1, -0.05) is 0 Å². The third kappa shape index (κ3) is 2.15. The maximum absolute atomic E-state index is 11.3. The molecule has 0 aliphatic carbocycles. The van der Waals surface area contributed by atoms with Crippen molar-refractivity contribution in [1.82, 2.24) is 15.0 Å². The van der Waals surface area contributed by atoms with Crippen LogP contribution in [0.4, 0.5) is 5.82 Å². The number of aliphatic hydroxyl groups excluding tert-OH is 3. The third-order valence-corrected chi connectivity index (χ3v) is 2.97. The topological polar surface area (TPSA) is 169 Å². The second kappa shape index (κ2) is 5.11. The van der Waals surface area contributed by atoms with E-state index < -0.39 is 37.1 Å². The maximum Gasteiger partial charge on any atom is 0.287 e. The van der Waals surface area contributed by atoms with Gasteiger partial charge in [0.1, 0.15) is 24.1 Å². The standard InChI is InChI=1S/C9H15N5O5/c10-7-4(8(18)13-11)12-2-14(7)9-6(17)5(16)3(1-15)19-9/h2-3,5-6,9,15-17H,1,10-11H2,(H,13,18). The minimum atomic E-state index is -1.30. The van der Waals surface area contributed by atoms with Crippen molar-refractivity contribution < 1.29 is 24.9 Å². The smallest absolute Gasteiger partial charge is 0.287 e. The Balaban J connectivity index is 2.28. The number of nitrogens with two attached hydrogens (primary N) is 2. The maximum atomic E-state index is 11.3. The van der Waals surface area contributed by atoms with E-state index >= 15 is 0 Å². The zero-order chi connectivity index (χ0) is 14.2. The van der Waals surface area contributed by atoms with Gasteiger partial charge in [0, 0.05) is 0 Å². The van der Waals surface area contributed by atoms with Crippen molar-refractivity contribution in [2.45, 2.75) is 24.5 Å². The minimum absolute atomic E-state index is 0.0715. The summed E-state index contributed by atoms with van der Waals surface area (Å²) in [5.74, 6) is 4.21. The Bertz CT molecular complexity index is 478. The quantitative estimate of drug-likeness (QED) is 0.189. The van der Waals surface area contributed by atoms with Crippen LogP contribution in [-0.4, -0.2) is 55.7 Å². The molecule has 0 saturated carbocycles. The monoisotopic (exact) mass is 273 g/mol. The van der Waals surface area contributed by atoms with E-state index in [1.165, 1.54) is 10.9 Å². The number of imidazole rings is 1. The number of nitrogens with zero attached hydrogens (tertiary/aromatic N) is 2. The first kappa shape index (κ1) is 13.7. The molecule has 10 heteroatoms. The van der Waals surface area contributed by atoms with Crippen LogP contribution in [0.15, 0.2) is 6.33 Å². The number of ether oxygens (including phenoxy) is 1. The van der Waals surface area contributed by atoms with E-state index in [1.54, 1.807) is 0 Å². The highest BCUT2D eigenvalue weighted by Crippen LogP contribution is 2.31. The molecule has 4 unspecified atom stereocenters. The number of anilines is 1. The molecule has 1 aromatic rings. The van der Waals surface area contributed by atoms with E-state index in [-0.39, 0.29) is 11.5 Å². The van der Waals surface area contributed by atoms with Crippen molar-refractivity contribution in [2.24, 2.45) is 5.84 Å². The number of hydrogen-bond donors (Lipinski definition) is 6. The molecule has 2 heterocycles. The Morgan fingerprint density at radius 3 is 2.74 bits per heavy atom. The number of nitrogen functional groups attached to an aromatic ring is 2. The molecule has 106 valence electrons. The molecule has 4 atom stereocenters. The fraction of sp³-hybridized carbons (Fsp3) is 0.556. The second-order valence-corrected chi connectivity index (χ2v) is 4.09. The van der Waals surface area contributed by atoms with Crippen LogP contribution in [-0.2, 0) is 4.74 Å². The molecule has 1 fully saturated rings. The van der Waals surface area contributed by atoms with Crippen molar-refractivity contribution in [3.63, 3.8) is 0 Å². The predicted molar refractivity (Wildman–Crippen MR) is 61.3 cm³/mol. The molecule has 0 radical (unpaired) electrons. The van der Waals surface area contributed by atoms with E-state index in [0.29, 0.717) is 0 Å². The molecule has 10 nitrogen and oxygen atoms in total. The number of carbonyl (C=O) groups excluding carboxylic acids is 1. The number of nitrogens with one attached hydrogen (secondary N) is 1. The summed E-state index contributed by atoms with van der Waals surface area (Å²) in [6.45, 7) is -0.459. The van der Waals surface area contributed by atoms with Gasteiger partial charge in [-0.05, 0) is 0 Å². The summed E-state index contributed by atoms with van der Waals surface area (Å²) in [7, 11) is 0. The summed E-state index contributed by atoms with van der Waals surface area (Å²) in [4.78, 5) is 15.1. The van der Waals surface area contributed by atoms with Crippen molar-refractivity contribution in [1.29, 1.82) is 0 Å². The zero-order valence-corrected chi connectivity index (χ0v) is 9.80. The van der Waals surface area contributed by atoms with Crippen molar-refractivity contribution in [3.8, 4) is 0 Å². The molecule has 1 saturated heterocycles. The summed E-state index contributed by atoms with van der Waals surface area (Å²) in [5, 5.41) is 28.4. The summed E-state index contributed by atoms with van der Waals surface area (Å²) >= 11 is 0. The molecule has 2 rings (SSSR count). The van der Waals surface area contributed by atoms with E-state index in [1.807, 2.05) is 5.43 Å². The molecule has 0 spiro atoms. The largest absolute Gasteiger partial charge is 0.394 e. The van der Waals surface area contributed by atoms with Crippen molar-refractivity contribution in [2.75, 3.05) is 12.3 Å². The molecule has 19 heavy (non-hydrogen) atoms. The summed E-state index contributed by atoms with van der Waals surface area (Å²) in [6, 6.07) is 0. The van der Waals surface area contributed by atoms with Gasteiger partial charge in [-0.15, -0.1) is 0 Å². The van der Waals surface area contributed by atoms with Gasteiger partial charge in [0.25, 0.3) is 5.91 Å². The van der Waals surface area contributed by atoms with Crippen LogP contribution in [0.3, 0.4) is 0 Å². The molecule has 8 N–H and O–H groups in total. The Morgan fingerprint density at radius 1 is 1.53 bits per heavy atom. The fourth-order valence-electron chi connectivity index (χ4n) is 1.93. The number of aliphatic hydroxyl groups is 3. The molecule has 1 aliphatic heterocycles. The van der Waals surface area contributed by atoms with Gasteiger partial charge in [0.15, 0.2) is 11.9 Å². The van der Waals surface area contributed by atoms with Crippen molar-refractivity contribution in [3.05, 3.63) is 12.0 Å². The number of hydrazine groups is 1. The Hall–Kier alpha value is -1.72. The van der Waals surface area contributed by atoms with Crippen LogP contribution in [0, 0.1) is 0 Å². The Kier molecular flexibility index (Phi) is 3.68. The van der Waals surface area contributed by atoms with Crippen molar-refractivity contribution >= 4 is 11.7 Å². The first-order valence-corrected chi connectivity index (χ1v) is 5.47. The average Bonchev–Trinajstić information content (AvgIpc) is 2.91. The summed E-state index contributed by atoms with van der Waals surface area (Å²) in [6.07, 6.45) is -3.36. The van der Waals surface area contributed by atoms with E-state index in [2.05, 4.69) is 4.98 Å². The van der Waals surface area contributed by atoms with Crippen LogP contribution < -0.4 is 17.0 Å². The molecule has 1 aromatic heterocycles. The van der Waals surface area contributed by atoms with E-state index in [4.69, 9.17) is 21.4 Å². The molecule has 1 amide bonds. The summed E-state index contributed by atoms with van der Waals surface area (Å²) < 4.78 is 6.45.